The van der Waals surface area contributed by atoms with Crippen molar-refractivity contribution in [1.29, 1.82) is 0 Å². The van der Waals surface area contributed by atoms with E-state index in [1.54, 1.807) is 0 Å². The molecule has 4 heteroatoms. The van der Waals surface area contributed by atoms with Gasteiger partial charge >= 0.3 is 0 Å². The Kier molecular flexibility index (Phi) is 5.65. The normalized spacial score (nSPS) is 12.0. The van der Waals surface area contributed by atoms with Gasteiger partial charge in [0, 0.05) is 16.7 Å². The minimum Gasteiger partial charge on any atom is -0.491 e. The quantitative estimate of drug-likeness (QED) is 0.830. The fraction of sp³-hybridized carbons (Fsp3) is 0.294. The Labute approximate surface area is 134 Å². The zero-order valence-corrected chi connectivity index (χ0v) is 13.9. The van der Waals surface area contributed by atoms with Crippen LogP contribution >= 0.6 is 15.9 Å². The SMILES string of the molecule is Cc1ccc(OCC(O)CNc2cc(Br)ccc2C)cc1. The Balaban J connectivity index is 1.80. The number of ether oxygens (including phenoxy) is 1. The van der Waals surface area contributed by atoms with Gasteiger partial charge in [-0.05, 0) is 43.7 Å². The molecule has 0 heterocycles. The second kappa shape index (κ2) is 7.48. The molecule has 2 aromatic rings. The number of aryl methyl sites for hydroxylation is 2. The van der Waals surface area contributed by atoms with Gasteiger partial charge in [-0.3, -0.25) is 0 Å². The topological polar surface area (TPSA) is 41.5 Å². The van der Waals surface area contributed by atoms with Crippen molar-refractivity contribution in [3.05, 3.63) is 58.1 Å². The van der Waals surface area contributed by atoms with E-state index in [-0.39, 0.29) is 6.61 Å². The van der Waals surface area contributed by atoms with Gasteiger partial charge in [0.15, 0.2) is 0 Å². The first-order chi connectivity index (χ1) is 10.0. The van der Waals surface area contributed by atoms with E-state index >= 15 is 0 Å². The molecule has 0 aliphatic heterocycles. The second-order valence-corrected chi connectivity index (χ2v) is 6.03. The van der Waals surface area contributed by atoms with Gasteiger partial charge in [0.1, 0.15) is 18.5 Å². The van der Waals surface area contributed by atoms with Crippen molar-refractivity contribution in [2.24, 2.45) is 0 Å². The predicted octanol–water partition coefficient (Wildman–Crippen LogP) is 3.92. The average Bonchev–Trinajstić information content (AvgIpc) is 2.47. The number of aliphatic hydroxyl groups excluding tert-OH is 1. The van der Waals surface area contributed by atoms with Crippen molar-refractivity contribution in [2.45, 2.75) is 20.0 Å². The van der Waals surface area contributed by atoms with Crippen LogP contribution in [0.5, 0.6) is 5.75 Å². The lowest BCUT2D eigenvalue weighted by Gasteiger charge is -2.15. The summed E-state index contributed by atoms with van der Waals surface area (Å²) in [7, 11) is 0. The molecule has 0 radical (unpaired) electrons. The molecule has 0 amide bonds. The van der Waals surface area contributed by atoms with Crippen LogP contribution < -0.4 is 10.1 Å². The van der Waals surface area contributed by atoms with Crippen molar-refractivity contribution in [3.8, 4) is 5.75 Å². The maximum Gasteiger partial charge on any atom is 0.119 e. The molecule has 0 aromatic heterocycles. The summed E-state index contributed by atoms with van der Waals surface area (Å²) in [6.45, 7) is 4.78. The highest BCUT2D eigenvalue weighted by Crippen LogP contribution is 2.20. The summed E-state index contributed by atoms with van der Waals surface area (Å²) in [5.41, 5.74) is 3.35. The van der Waals surface area contributed by atoms with Crippen LogP contribution in [0.3, 0.4) is 0 Å². The Morgan fingerprint density at radius 3 is 2.57 bits per heavy atom. The third kappa shape index (κ3) is 5.06. The van der Waals surface area contributed by atoms with Gasteiger partial charge < -0.3 is 15.2 Å². The number of anilines is 1. The van der Waals surface area contributed by atoms with Crippen LogP contribution in [0.4, 0.5) is 5.69 Å². The minimum absolute atomic E-state index is 0.267. The highest BCUT2D eigenvalue weighted by molar-refractivity contribution is 9.10. The van der Waals surface area contributed by atoms with Gasteiger partial charge in [0.2, 0.25) is 0 Å². The van der Waals surface area contributed by atoms with Gasteiger partial charge in [0.25, 0.3) is 0 Å². The molecule has 2 aromatic carbocycles. The van der Waals surface area contributed by atoms with Crippen molar-refractivity contribution in [1.82, 2.24) is 0 Å². The first-order valence-electron chi connectivity index (χ1n) is 6.92. The van der Waals surface area contributed by atoms with E-state index in [1.165, 1.54) is 5.56 Å². The third-order valence-electron chi connectivity index (χ3n) is 3.19. The smallest absolute Gasteiger partial charge is 0.119 e. The van der Waals surface area contributed by atoms with E-state index in [0.29, 0.717) is 6.54 Å². The van der Waals surface area contributed by atoms with Crippen molar-refractivity contribution < 1.29 is 9.84 Å². The molecule has 3 nitrogen and oxygen atoms in total. The van der Waals surface area contributed by atoms with E-state index in [2.05, 4.69) is 21.2 Å². The van der Waals surface area contributed by atoms with Crippen LogP contribution in [0.1, 0.15) is 11.1 Å². The third-order valence-corrected chi connectivity index (χ3v) is 3.68. The zero-order chi connectivity index (χ0) is 15.2. The molecule has 0 fully saturated rings. The van der Waals surface area contributed by atoms with E-state index in [1.807, 2.05) is 56.3 Å². The van der Waals surface area contributed by atoms with Gasteiger partial charge in [-0.2, -0.15) is 0 Å². The standard InChI is InChI=1S/C17H20BrNO2/c1-12-3-7-16(8-4-12)21-11-15(20)10-19-17-9-14(18)6-5-13(17)2/h3-9,15,19-20H,10-11H2,1-2H3. The van der Waals surface area contributed by atoms with Gasteiger partial charge in [-0.1, -0.05) is 39.7 Å². The van der Waals surface area contributed by atoms with Crippen molar-refractivity contribution >= 4 is 21.6 Å². The first kappa shape index (κ1) is 15.9. The molecule has 0 bridgehead atoms. The molecular formula is C17H20BrNO2. The Morgan fingerprint density at radius 1 is 1.14 bits per heavy atom. The lowest BCUT2D eigenvalue weighted by atomic mass is 10.2. The summed E-state index contributed by atoms with van der Waals surface area (Å²) in [5, 5.41) is 13.2. The molecule has 2 N–H and O–H groups in total. The number of hydrogen-bond acceptors (Lipinski definition) is 3. The maximum absolute atomic E-state index is 9.99. The molecule has 0 aliphatic rings. The van der Waals surface area contributed by atoms with E-state index < -0.39 is 6.10 Å². The lowest BCUT2D eigenvalue weighted by Crippen LogP contribution is -2.26. The van der Waals surface area contributed by atoms with Gasteiger partial charge in [0.05, 0.1) is 0 Å². The highest BCUT2D eigenvalue weighted by atomic mass is 79.9. The summed E-state index contributed by atoms with van der Waals surface area (Å²) >= 11 is 3.44. The van der Waals surface area contributed by atoms with E-state index in [9.17, 15) is 5.11 Å². The number of halogens is 1. The van der Waals surface area contributed by atoms with Gasteiger partial charge in [-0.25, -0.2) is 0 Å². The minimum atomic E-state index is -0.565. The number of rotatable bonds is 6. The largest absolute Gasteiger partial charge is 0.491 e. The van der Waals surface area contributed by atoms with E-state index in [0.717, 1.165) is 21.5 Å². The second-order valence-electron chi connectivity index (χ2n) is 5.12. The molecule has 0 saturated carbocycles. The summed E-state index contributed by atoms with van der Waals surface area (Å²) in [5.74, 6) is 0.776. The summed E-state index contributed by atoms with van der Waals surface area (Å²) in [4.78, 5) is 0. The average molecular weight is 350 g/mol. The molecular weight excluding hydrogens is 330 g/mol. The van der Waals surface area contributed by atoms with E-state index in [4.69, 9.17) is 4.74 Å². The predicted molar refractivity (Wildman–Crippen MR) is 90.0 cm³/mol. The zero-order valence-electron chi connectivity index (χ0n) is 12.3. The molecule has 1 unspecified atom stereocenters. The summed E-state index contributed by atoms with van der Waals surface area (Å²) in [6, 6.07) is 13.8. The molecule has 1 atom stereocenters. The monoisotopic (exact) mass is 349 g/mol. The molecule has 21 heavy (non-hydrogen) atoms. The van der Waals surface area contributed by atoms with Crippen LogP contribution in [0.2, 0.25) is 0 Å². The van der Waals surface area contributed by atoms with Crippen LogP contribution in [0.25, 0.3) is 0 Å². The highest BCUT2D eigenvalue weighted by Gasteiger charge is 2.06. The fourth-order valence-corrected chi connectivity index (χ4v) is 2.26. The Bertz CT molecular complexity index is 584. The number of nitrogens with one attached hydrogen (secondary N) is 1. The number of benzene rings is 2. The van der Waals surface area contributed by atoms with Crippen molar-refractivity contribution in [2.75, 3.05) is 18.5 Å². The fourth-order valence-electron chi connectivity index (χ4n) is 1.90. The molecule has 112 valence electrons. The molecule has 0 saturated heterocycles. The molecule has 0 spiro atoms. The Hall–Kier alpha value is -1.52. The lowest BCUT2D eigenvalue weighted by molar-refractivity contribution is 0.117. The van der Waals surface area contributed by atoms with Crippen molar-refractivity contribution in [3.63, 3.8) is 0 Å². The summed E-state index contributed by atoms with van der Waals surface area (Å²) < 4.78 is 6.58. The maximum atomic E-state index is 9.99. The Morgan fingerprint density at radius 2 is 1.86 bits per heavy atom. The summed E-state index contributed by atoms with van der Waals surface area (Å²) in [6.07, 6.45) is -0.565. The van der Waals surface area contributed by atoms with Crippen LogP contribution in [-0.2, 0) is 0 Å². The molecule has 2 rings (SSSR count). The van der Waals surface area contributed by atoms with Gasteiger partial charge in [-0.15, -0.1) is 0 Å². The van der Waals surface area contributed by atoms with Crippen LogP contribution in [0, 0.1) is 13.8 Å². The first-order valence-corrected chi connectivity index (χ1v) is 7.71. The van der Waals surface area contributed by atoms with Crippen LogP contribution in [-0.4, -0.2) is 24.4 Å². The number of aliphatic hydroxyl groups is 1. The number of hydrogen-bond donors (Lipinski definition) is 2. The van der Waals surface area contributed by atoms with Crippen LogP contribution in [0.15, 0.2) is 46.9 Å². The molecule has 0 aliphatic carbocycles.